The summed E-state index contributed by atoms with van der Waals surface area (Å²) in [7, 11) is 4.18. The second-order valence-electron chi connectivity index (χ2n) is 9.32. The predicted octanol–water partition coefficient (Wildman–Crippen LogP) is 5.47. The molecular weight excluding hydrogens is 374 g/mol. The van der Waals surface area contributed by atoms with Gasteiger partial charge in [-0.2, -0.15) is 5.06 Å². The highest BCUT2D eigenvalue weighted by Gasteiger charge is 2.49. The van der Waals surface area contributed by atoms with Crippen LogP contribution >= 0.6 is 0 Å². The van der Waals surface area contributed by atoms with Crippen molar-refractivity contribution in [2.75, 3.05) is 27.2 Å². The smallest absolute Gasteiger partial charge is 0.102 e. The van der Waals surface area contributed by atoms with Crippen LogP contribution in [0, 0.1) is 0 Å². The van der Waals surface area contributed by atoms with Crippen molar-refractivity contribution in [3.63, 3.8) is 0 Å². The third-order valence-electron chi connectivity index (χ3n) is 6.79. The predicted molar refractivity (Wildman–Crippen MR) is 125 cm³/mol. The van der Waals surface area contributed by atoms with Gasteiger partial charge in [-0.15, -0.1) is 0 Å². The van der Waals surface area contributed by atoms with Crippen LogP contribution in [0.25, 0.3) is 0 Å². The van der Waals surface area contributed by atoms with Crippen molar-refractivity contribution in [3.05, 3.63) is 47.2 Å². The molecule has 1 heterocycles. The van der Waals surface area contributed by atoms with Gasteiger partial charge in [0.15, 0.2) is 0 Å². The zero-order valence-electron chi connectivity index (χ0n) is 20.4. The Hall–Kier alpha value is -1.40. The lowest BCUT2D eigenvalue weighted by molar-refractivity contribution is -0.296. The van der Waals surface area contributed by atoms with E-state index in [0.717, 1.165) is 32.2 Å². The van der Waals surface area contributed by atoms with E-state index in [0.29, 0.717) is 6.61 Å². The van der Waals surface area contributed by atoms with Gasteiger partial charge in [0.2, 0.25) is 0 Å². The quantitative estimate of drug-likeness (QED) is 0.382. The molecule has 0 saturated carbocycles. The highest BCUT2D eigenvalue weighted by atomic mass is 16.7. The first kappa shape index (κ1) is 24.9. The van der Waals surface area contributed by atoms with Crippen molar-refractivity contribution in [2.45, 2.75) is 84.4 Å². The Labute approximate surface area is 184 Å². The number of benzene rings is 1. The molecule has 3 unspecified atom stereocenters. The molecule has 0 saturated heterocycles. The van der Waals surface area contributed by atoms with Crippen LogP contribution in [0.4, 0.5) is 0 Å². The van der Waals surface area contributed by atoms with E-state index in [9.17, 15) is 0 Å². The summed E-state index contributed by atoms with van der Waals surface area (Å²) >= 11 is 0. The van der Waals surface area contributed by atoms with Gasteiger partial charge >= 0.3 is 0 Å². The fraction of sp³-hybridized carbons (Fsp3) is 0.680. The van der Waals surface area contributed by atoms with Gasteiger partial charge in [0.05, 0.1) is 12.1 Å². The lowest BCUT2D eigenvalue weighted by Crippen LogP contribution is -2.62. The maximum Gasteiger partial charge on any atom is 0.102 e. The van der Waals surface area contributed by atoms with E-state index >= 15 is 0 Å². The van der Waals surface area contributed by atoms with Gasteiger partial charge in [0, 0.05) is 17.7 Å². The molecule has 1 aliphatic rings. The Kier molecular flexibility index (Phi) is 8.92. The van der Waals surface area contributed by atoms with E-state index in [1.54, 1.807) is 0 Å². The summed E-state index contributed by atoms with van der Waals surface area (Å²) < 4.78 is 0. The summed E-state index contributed by atoms with van der Waals surface area (Å²) in [6.45, 7) is 15.2. The second kappa shape index (κ2) is 10.8. The molecule has 0 aromatic heterocycles. The number of nitrogens with one attached hydrogen (secondary N) is 1. The molecule has 0 spiro atoms. The summed E-state index contributed by atoms with van der Waals surface area (Å²) in [6, 6.07) is 10.5. The van der Waals surface area contributed by atoms with E-state index in [1.165, 1.54) is 16.8 Å². The minimum absolute atomic E-state index is 0.00690. The third-order valence-corrected chi connectivity index (χ3v) is 6.79. The molecule has 170 valence electrons. The Balaban J connectivity index is 2.22. The summed E-state index contributed by atoms with van der Waals surface area (Å²) in [5.41, 5.74) is 6.67. The minimum Gasteiger partial charge on any atom is -0.309 e. The van der Waals surface area contributed by atoms with Crippen LogP contribution in [-0.2, 0) is 9.68 Å². The molecule has 30 heavy (non-hydrogen) atoms. The highest BCUT2D eigenvalue weighted by molar-refractivity contribution is 5.29. The number of rotatable bonds is 11. The Morgan fingerprint density at radius 1 is 1.13 bits per heavy atom. The van der Waals surface area contributed by atoms with Crippen LogP contribution in [0.15, 0.2) is 41.6 Å². The maximum absolute atomic E-state index is 6.70. The third kappa shape index (κ3) is 5.64. The van der Waals surface area contributed by atoms with Crippen molar-refractivity contribution >= 4 is 0 Å². The molecule has 1 aliphatic heterocycles. The van der Waals surface area contributed by atoms with E-state index in [1.807, 2.05) is 6.07 Å². The first-order valence-corrected chi connectivity index (χ1v) is 11.4. The number of hydrogen-bond acceptors (Lipinski definition) is 5. The monoisotopic (exact) mass is 417 g/mol. The summed E-state index contributed by atoms with van der Waals surface area (Å²) in [5, 5.41) is 2.28. The average Bonchev–Trinajstić information content (AvgIpc) is 2.74. The van der Waals surface area contributed by atoms with Crippen molar-refractivity contribution < 1.29 is 9.68 Å². The molecule has 2 rings (SSSR count). The molecule has 0 bridgehead atoms. The van der Waals surface area contributed by atoms with Crippen LogP contribution in [0.3, 0.4) is 0 Å². The summed E-state index contributed by atoms with van der Waals surface area (Å²) in [5.74, 6) is 0. The second-order valence-corrected chi connectivity index (χ2v) is 9.32. The van der Waals surface area contributed by atoms with Crippen molar-refractivity contribution in [2.24, 2.45) is 0 Å². The average molecular weight is 418 g/mol. The fourth-order valence-electron chi connectivity index (χ4n) is 4.23. The molecule has 5 heteroatoms. The van der Waals surface area contributed by atoms with Gasteiger partial charge in [-0.25, -0.2) is 0 Å². The van der Waals surface area contributed by atoms with Crippen molar-refractivity contribution in [1.29, 1.82) is 0 Å². The van der Waals surface area contributed by atoms with Crippen LogP contribution in [0.1, 0.15) is 78.9 Å². The summed E-state index contributed by atoms with van der Waals surface area (Å²) in [4.78, 5) is 14.7. The van der Waals surface area contributed by atoms with E-state index in [2.05, 4.69) is 95.3 Å². The van der Waals surface area contributed by atoms with E-state index in [4.69, 9.17) is 9.68 Å². The normalized spacial score (nSPS) is 26.3. The Morgan fingerprint density at radius 2 is 1.80 bits per heavy atom. The van der Waals surface area contributed by atoms with Gasteiger partial charge in [-0.3, -0.25) is 15.2 Å². The number of nitrogens with zero attached hydrogens (tertiary/aromatic N) is 2. The molecule has 0 aliphatic carbocycles. The lowest BCUT2D eigenvalue weighted by Gasteiger charge is -2.55. The number of hydrogen-bond donors (Lipinski definition) is 1. The SMILES string of the molecule is CCC1(C)CC(NOCCCN(C)C)=C(C)C(C)(CC)N1OC(C)c1ccccc1. The first-order chi connectivity index (χ1) is 14.2. The van der Waals surface area contributed by atoms with Gasteiger partial charge in [0.25, 0.3) is 0 Å². The Morgan fingerprint density at radius 3 is 2.37 bits per heavy atom. The molecule has 1 aromatic carbocycles. The first-order valence-electron chi connectivity index (χ1n) is 11.4. The standard InChI is InChI=1S/C25H43N3O2/c1-9-24(5)19-23(26-29-18-14-17-27(7)8)20(3)25(6,10-2)28(24)30-21(4)22-15-12-11-13-16-22/h11-13,15-16,21,26H,9-10,14,17-19H2,1-8H3. The molecule has 1 aromatic rings. The molecule has 5 nitrogen and oxygen atoms in total. The zero-order valence-corrected chi connectivity index (χ0v) is 20.4. The molecule has 0 amide bonds. The molecule has 0 fully saturated rings. The van der Waals surface area contributed by atoms with E-state index in [-0.39, 0.29) is 17.2 Å². The van der Waals surface area contributed by atoms with Crippen LogP contribution in [0.2, 0.25) is 0 Å². The molecule has 1 N–H and O–H groups in total. The Bertz CT molecular complexity index is 691. The summed E-state index contributed by atoms with van der Waals surface area (Å²) in [6.07, 6.45) is 3.82. The maximum atomic E-state index is 6.70. The van der Waals surface area contributed by atoms with Crippen molar-refractivity contribution in [3.8, 4) is 0 Å². The van der Waals surface area contributed by atoms with Gasteiger partial charge < -0.3 is 4.90 Å². The fourth-order valence-corrected chi connectivity index (χ4v) is 4.23. The molecule has 0 radical (unpaired) electrons. The van der Waals surface area contributed by atoms with Gasteiger partial charge in [0.1, 0.15) is 6.10 Å². The highest BCUT2D eigenvalue weighted by Crippen LogP contribution is 2.46. The van der Waals surface area contributed by atoms with E-state index < -0.39 is 0 Å². The van der Waals surface area contributed by atoms with Crippen LogP contribution in [0.5, 0.6) is 0 Å². The van der Waals surface area contributed by atoms with Crippen LogP contribution in [-0.4, -0.2) is 48.3 Å². The van der Waals surface area contributed by atoms with Gasteiger partial charge in [-0.1, -0.05) is 44.2 Å². The van der Waals surface area contributed by atoms with Gasteiger partial charge in [-0.05, 0) is 78.7 Å². The molecule has 3 atom stereocenters. The van der Waals surface area contributed by atoms with Crippen LogP contribution < -0.4 is 5.48 Å². The minimum atomic E-state index is -0.207. The molecular formula is C25H43N3O2. The lowest BCUT2D eigenvalue weighted by atomic mass is 9.76. The largest absolute Gasteiger partial charge is 0.309 e. The number of hydroxylamine groups is 3. The topological polar surface area (TPSA) is 37.0 Å². The zero-order chi connectivity index (χ0) is 22.4. The van der Waals surface area contributed by atoms with Crippen molar-refractivity contribution in [1.82, 2.24) is 15.4 Å².